The molecule has 3 heteroatoms. The number of nitrogens with zero attached hydrogens (tertiary/aromatic N) is 1. The van der Waals surface area contributed by atoms with E-state index in [1.54, 1.807) is 24.0 Å². The van der Waals surface area contributed by atoms with E-state index >= 15 is 0 Å². The van der Waals surface area contributed by atoms with Gasteiger partial charge in [-0.2, -0.15) is 0 Å². The van der Waals surface area contributed by atoms with Crippen molar-refractivity contribution in [2.24, 2.45) is 5.41 Å². The number of benzene rings is 2. The maximum Gasteiger partial charge on any atom is 0.240 e. The second kappa shape index (κ2) is 5.41. The van der Waals surface area contributed by atoms with Crippen molar-refractivity contribution in [2.45, 2.75) is 20.3 Å². The second-order valence-corrected chi connectivity index (χ2v) is 6.07. The fraction of sp³-hybridized carbons (Fsp3) is 0.263. The standard InChI is InChI=1S/C19H19NO2/c1-14-8-10-16(11-9-14)20-13-12-19(2,18(20)22)17(21)15-6-4-3-5-7-15/h3-11H,12-13H2,1-2H3/t19-/m0/s1. The molecule has 2 aromatic rings. The third-order valence-electron chi connectivity index (χ3n) is 4.44. The van der Waals surface area contributed by atoms with Crippen LogP contribution in [0.25, 0.3) is 0 Å². The van der Waals surface area contributed by atoms with E-state index in [2.05, 4.69) is 0 Å². The van der Waals surface area contributed by atoms with Crippen LogP contribution in [0.4, 0.5) is 5.69 Å². The molecule has 1 aliphatic rings. The molecule has 2 aromatic carbocycles. The number of carbonyl (C=O) groups excluding carboxylic acids is 2. The van der Waals surface area contributed by atoms with E-state index in [1.807, 2.05) is 49.4 Å². The molecule has 0 aliphatic carbocycles. The summed E-state index contributed by atoms with van der Waals surface area (Å²) >= 11 is 0. The molecule has 1 aliphatic heterocycles. The normalized spacial score (nSPS) is 21.2. The zero-order valence-corrected chi connectivity index (χ0v) is 12.9. The van der Waals surface area contributed by atoms with Crippen molar-refractivity contribution >= 4 is 17.4 Å². The van der Waals surface area contributed by atoms with Crippen LogP contribution in [0.15, 0.2) is 54.6 Å². The van der Waals surface area contributed by atoms with Gasteiger partial charge in [0.25, 0.3) is 0 Å². The summed E-state index contributed by atoms with van der Waals surface area (Å²) in [5.74, 6) is -0.196. The van der Waals surface area contributed by atoms with Gasteiger partial charge in [0, 0.05) is 17.8 Å². The van der Waals surface area contributed by atoms with Gasteiger partial charge in [-0.05, 0) is 32.4 Å². The maximum atomic E-state index is 12.8. The molecule has 3 rings (SSSR count). The third kappa shape index (κ3) is 2.33. The average molecular weight is 293 g/mol. The molecular weight excluding hydrogens is 274 g/mol. The topological polar surface area (TPSA) is 37.4 Å². The molecular formula is C19H19NO2. The van der Waals surface area contributed by atoms with Gasteiger partial charge < -0.3 is 4.90 Å². The molecule has 3 nitrogen and oxygen atoms in total. The maximum absolute atomic E-state index is 12.8. The molecule has 1 saturated heterocycles. The first-order valence-corrected chi connectivity index (χ1v) is 7.51. The third-order valence-corrected chi connectivity index (χ3v) is 4.44. The van der Waals surface area contributed by atoms with Crippen LogP contribution in [-0.4, -0.2) is 18.2 Å². The van der Waals surface area contributed by atoms with E-state index in [0.717, 1.165) is 11.3 Å². The summed E-state index contributed by atoms with van der Waals surface area (Å²) in [6, 6.07) is 16.9. The molecule has 0 saturated carbocycles. The summed E-state index contributed by atoms with van der Waals surface area (Å²) in [4.78, 5) is 27.3. The summed E-state index contributed by atoms with van der Waals surface area (Å²) in [5.41, 5.74) is 1.65. The Morgan fingerprint density at radius 2 is 1.68 bits per heavy atom. The fourth-order valence-corrected chi connectivity index (χ4v) is 2.93. The molecule has 0 bridgehead atoms. The summed E-state index contributed by atoms with van der Waals surface area (Å²) in [6.07, 6.45) is 0.549. The Bertz CT molecular complexity index is 706. The molecule has 1 fully saturated rings. The highest BCUT2D eigenvalue weighted by molar-refractivity contribution is 6.19. The Morgan fingerprint density at radius 3 is 2.32 bits per heavy atom. The van der Waals surface area contributed by atoms with Crippen molar-refractivity contribution in [3.05, 3.63) is 65.7 Å². The van der Waals surface area contributed by atoms with Gasteiger partial charge in [0.15, 0.2) is 5.78 Å². The zero-order valence-electron chi connectivity index (χ0n) is 12.9. The van der Waals surface area contributed by atoms with E-state index in [1.165, 1.54) is 0 Å². The van der Waals surface area contributed by atoms with Gasteiger partial charge >= 0.3 is 0 Å². The smallest absolute Gasteiger partial charge is 0.240 e. The highest BCUT2D eigenvalue weighted by Crippen LogP contribution is 2.37. The summed E-state index contributed by atoms with van der Waals surface area (Å²) < 4.78 is 0. The van der Waals surface area contributed by atoms with Crippen LogP contribution < -0.4 is 4.90 Å². The molecule has 0 aromatic heterocycles. The first kappa shape index (κ1) is 14.5. The van der Waals surface area contributed by atoms with Gasteiger partial charge in [0.05, 0.1) is 0 Å². The van der Waals surface area contributed by atoms with Gasteiger partial charge in [0.2, 0.25) is 5.91 Å². The summed E-state index contributed by atoms with van der Waals surface area (Å²) in [7, 11) is 0. The van der Waals surface area contributed by atoms with Crippen molar-refractivity contribution in [1.29, 1.82) is 0 Å². The van der Waals surface area contributed by atoms with Crippen molar-refractivity contribution < 1.29 is 9.59 Å². The number of ketones is 1. The van der Waals surface area contributed by atoms with E-state index in [-0.39, 0.29) is 11.7 Å². The van der Waals surface area contributed by atoms with Gasteiger partial charge in [-0.25, -0.2) is 0 Å². The highest BCUT2D eigenvalue weighted by Gasteiger charge is 2.49. The van der Waals surface area contributed by atoms with Crippen molar-refractivity contribution in [3.8, 4) is 0 Å². The average Bonchev–Trinajstić information content (AvgIpc) is 2.85. The minimum Gasteiger partial charge on any atom is -0.312 e. The van der Waals surface area contributed by atoms with Crippen molar-refractivity contribution in [3.63, 3.8) is 0 Å². The molecule has 0 N–H and O–H groups in total. The van der Waals surface area contributed by atoms with Gasteiger partial charge in [-0.1, -0.05) is 48.0 Å². The number of carbonyl (C=O) groups is 2. The monoisotopic (exact) mass is 293 g/mol. The number of rotatable bonds is 3. The lowest BCUT2D eigenvalue weighted by Gasteiger charge is -2.22. The fourth-order valence-electron chi connectivity index (χ4n) is 2.93. The van der Waals surface area contributed by atoms with E-state index in [9.17, 15) is 9.59 Å². The highest BCUT2D eigenvalue weighted by atomic mass is 16.2. The van der Waals surface area contributed by atoms with E-state index < -0.39 is 5.41 Å². The minimum atomic E-state index is -0.966. The van der Waals surface area contributed by atoms with E-state index in [0.29, 0.717) is 18.5 Å². The Kier molecular flexibility index (Phi) is 3.57. The number of aryl methyl sites for hydroxylation is 1. The van der Waals surface area contributed by atoms with Crippen LogP contribution in [0.1, 0.15) is 29.3 Å². The summed E-state index contributed by atoms with van der Waals surface area (Å²) in [6.45, 7) is 4.36. The van der Waals surface area contributed by atoms with Crippen molar-refractivity contribution in [1.82, 2.24) is 0 Å². The quantitative estimate of drug-likeness (QED) is 0.640. The number of anilines is 1. The molecule has 0 radical (unpaired) electrons. The predicted molar refractivity (Wildman–Crippen MR) is 87.0 cm³/mol. The molecule has 112 valence electrons. The molecule has 1 amide bonds. The summed E-state index contributed by atoms with van der Waals surface area (Å²) in [5, 5.41) is 0. The molecule has 22 heavy (non-hydrogen) atoms. The Labute approximate surface area is 130 Å². The Hall–Kier alpha value is -2.42. The van der Waals surface area contributed by atoms with Crippen LogP contribution >= 0.6 is 0 Å². The number of Topliss-reactive ketones (excluding diaryl/α,β-unsaturated/α-hetero) is 1. The molecule has 0 unspecified atom stereocenters. The Morgan fingerprint density at radius 1 is 1.05 bits per heavy atom. The van der Waals surface area contributed by atoms with Crippen LogP contribution in [0.5, 0.6) is 0 Å². The van der Waals surface area contributed by atoms with Crippen molar-refractivity contribution in [2.75, 3.05) is 11.4 Å². The zero-order chi connectivity index (χ0) is 15.7. The van der Waals surface area contributed by atoms with Crippen LogP contribution in [0.3, 0.4) is 0 Å². The predicted octanol–water partition coefficient (Wildman–Crippen LogP) is 3.62. The SMILES string of the molecule is Cc1ccc(N2CC[C@@](C)(C(=O)c3ccccc3)C2=O)cc1. The largest absolute Gasteiger partial charge is 0.312 e. The molecule has 1 atom stereocenters. The number of hydrogen-bond donors (Lipinski definition) is 0. The van der Waals surface area contributed by atoms with Crippen LogP contribution in [-0.2, 0) is 4.79 Å². The van der Waals surface area contributed by atoms with Gasteiger partial charge in [0.1, 0.15) is 5.41 Å². The lowest BCUT2D eigenvalue weighted by molar-refractivity contribution is -0.122. The minimum absolute atomic E-state index is 0.0901. The van der Waals surface area contributed by atoms with Crippen LogP contribution in [0.2, 0.25) is 0 Å². The van der Waals surface area contributed by atoms with Gasteiger partial charge in [-0.3, -0.25) is 9.59 Å². The lowest BCUT2D eigenvalue weighted by atomic mass is 9.81. The Balaban J connectivity index is 1.89. The number of amides is 1. The first-order valence-electron chi connectivity index (χ1n) is 7.51. The second-order valence-electron chi connectivity index (χ2n) is 6.07. The molecule has 1 heterocycles. The number of hydrogen-bond acceptors (Lipinski definition) is 2. The van der Waals surface area contributed by atoms with E-state index in [4.69, 9.17) is 0 Å². The van der Waals surface area contributed by atoms with Gasteiger partial charge in [-0.15, -0.1) is 0 Å². The lowest BCUT2D eigenvalue weighted by Crippen LogP contribution is -2.38. The molecule has 0 spiro atoms. The first-order chi connectivity index (χ1) is 10.5. The van der Waals surface area contributed by atoms with Crippen LogP contribution in [0, 0.1) is 12.3 Å².